The fourth-order valence-corrected chi connectivity index (χ4v) is 8.24. The maximum atomic E-state index is 12.9. The van der Waals surface area contributed by atoms with E-state index in [4.69, 9.17) is 14.2 Å². The van der Waals surface area contributed by atoms with Crippen LogP contribution in [0, 0.1) is 29.1 Å². The average Bonchev–Trinajstić information content (AvgIpc) is 3.19. The highest BCUT2D eigenvalue weighted by Gasteiger charge is 2.81. The van der Waals surface area contributed by atoms with E-state index >= 15 is 0 Å². The van der Waals surface area contributed by atoms with E-state index in [-0.39, 0.29) is 58.2 Å². The molecule has 4 aliphatic carbocycles. The van der Waals surface area contributed by atoms with Gasteiger partial charge in [-0.05, 0) is 50.5 Å². The summed E-state index contributed by atoms with van der Waals surface area (Å²) in [5, 5.41) is 0. The van der Waals surface area contributed by atoms with Crippen LogP contribution in [0.2, 0.25) is 0 Å². The maximum Gasteiger partial charge on any atom is 0.309 e. The molecule has 0 N–H and O–H groups in total. The summed E-state index contributed by atoms with van der Waals surface area (Å²) < 4.78 is 17.7. The van der Waals surface area contributed by atoms with Gasteiger partial charge in [-0.1, -0.05) is 12.5 Å². The van der Waals surface area contributed by atoms with Crippen molar-refractivity contribution in [3.63, 3.8) is 0 Å². The van der Waals surface area contributed by atoms with E-state index in [2.05, 4.69) is 6.92 Å². The Labute approximate surface area is 170 Å². The van der Waals surface area contributed by atoms with E-state index in [9.17, 15) is 14.4 Å². The van der Waals surface area contributed by atoms with Crippen molar-refractivity contribution in [3.05, 3.63) is 11.6 Å². The Bertz CT molecular complexity index is 861. The lowest BCUT2D eigenvalue weighted by molar-refractivity contribution is -0.160. The first-order chi connectivity index (χ1) is 13.8. The van der Waals surface area contributed by atoms with E-state index in [1.165, 1.54) is 7.11 Å². The first-order valence-corrected chi connectivity index (χ1v) is 11.1. The van der Waals surface area contributed by atoms with Gasteiger partial charge in [0, 0.05) is 30.1 Å². The van der Waals surface area contributed by atoms with Crippen molar-refractivity contribution < 1.29 is 28.6 Å². The van der Waals surface area contributed by atoms with Crippen LogP contribution in [0.3, 0.4) is 0 Å². The second kappa shape index (κ2) is 5.51. The van der Waals surface area contributed by atoms with Gasteiger partial charge in [-0.2, -0.15) is 0 Å². The fourth-order valence-electron chi connectivity index (χ4n) is 8.24. The molecule has 8 atom stereocenters. The van der Waals surface area contributed by atoms with Crippen LogP contribution in [0.5, 0.6) is 0 Å². The van der Waals surface area contributed by atoms with Crippen LogP contribution in [-0.4, -0.2) is 42.1 Å². The number of carbonyl (C=O) groups is 3. The Morgan fingerprint density at radius 2 is 2.03 bits per heavy atom. The Balaban J connectivity index is 1.45. The number of esters is 2. The number of ketones is 1. The van der Waals surface area contributed by atoms with Gasteiger partial charge in [0.05, 0.1) is 19.1 Å². The van der Waals surface area contributed by atoms with E-state index in [1.807, 2.05) is 0 Å². The molecule has 0 aromatic rings. The molecule has 0 amide bonds. The van der Waals surface area contributed by atoms with Gasteiger partial charge < -0.3 is 14.2 Å². The molecule has 0 aromatic heterocycles. The zero-order valence-electron chi connectivity index (χ0n) is 17.1. The number of ether oxygens (including phenoxy) is 3. The zero-order chi connectivity index (χ0) is 20.2. The third kappa shape index (κ3) is 2.04. The number of hydrogen-bond donors (Lipinski definition) is 0. The van der Waals surface area contributed by atoms with E-state index in [1.54, 1.807) is 6.08 Å². The van der Waals surface area contributed by atoms with Crippen LogP contribution >= 0.6 is 0 Å². The highest BCUT2D eigenvalue weighted by Crippen LogP contribution is 2.75. The average molecular weight is 400 g/mol. The zero-order valence-corrected chi connectivity index (χ0v) is 17.1. The first kappa shape index (κ1) is 18.1. The molecule has 29 heavy (non-hydrogen) atoms. The minimum Gasteiger partial charge on any atom is -0.469 e. The minimum atomic E-state index is -0.383. The maximum absolute atomic E-state index is 12.9. The van der Waals surface area contributed by atoms with E-state index in [0.29, 0.717) is 25.2 Å². The van der Waals surface area contributed by atoms with Gasteiger partial charge in [0.1, 0.15) is 11.2 Å². The summed E-state index contributed by atoms with van der Waals surface area (Å²) in [6, 6.07) is 0. The molecule has 0 radical (unpaired) electrons. The van der Waals surface area contributed by atoms with Gasteiger partial charge in [0.15, 0.2) is 5.78 Å². The second-order valence-electron chi connectivity index (χ2n) is 10.3. The Morgan fingerprint density at radius 3 is 2.76 bits per heavy atom. The molecular formula is C23H28O6. The molecule has 6 aliphatic rings. The molecule has 5 fully saturated rings. The van der Waals surface area contributed by atoms with Gasteiger partial charge in [-0.15, -0.1) is 0 Å². The van der Waals surface area contributed by atoms with Gasteiger partial charge in [0.2, 0.25) is 0 Å². The fraction of sp³-hybridized carbons (Fsp3) is 0.783. The smallest absolute Gasteiger partial charge is 0.309 e. The summed E-state index contributed by atoms with van der Waals surface area (Å²) in [6.07, 6.45) is 7.78. The van der Waals surface area contributed by atoms with Crippen LogP contribution < -0.4 is 0 Å². The molecule has 3 saturated carbocycles. The standard InChI is InChI=1S/C23H28O6/c1-21-6-3-13(24)9-12(21)10-15(20(26)27-2)19-14-4-7-22(8-5-18(25)29-22)16(14)11-17-23(19,21)28-17/h9,14-17,19H,3-8,10-11H2,1-2H3/t14?,15-,16?,17+,19?,21?,22-,23-/m1/s1. The summed E-state index contributed by atoms with van der Waals surface area (Å²) in [6.45, 7) is 2.24. The molecule has 2 heterocycles. The lowest BCUT2D eigenvalue weighted by Gasteiger charge is -2.55. The van der Waals surface area contributed by atoms with Crippen molar-refractivity contribution in [2.45, 2.75) is 75.6 Å². The predicted molar refractivity (Wildman–Crippen MR) is 101 cm³/mol. The molecule has 0 aromatic carbocycles. The predicted octanol–water partition coefficient (Wildman–Crippen LogP) is 2.73. The van der Waals surface area contributed by atoms with Crippen LogP contribution in [0.25, 0.3) is 0 Å². The number of carbonyl (C=O) groups excluding carboxylic acids is 3. The third-order valence-corrected chi connectivity index (χ3v) is 9.50. The molecule has 6 nitrogen and oxygen atoms in total. The minimum absolute atomic E-state index is 0.0627. The highest BCUT2D eigenvalue weighted by atomic mass is 16.6. The van der Waals surface area contributed by atoms with Gasteiger partial charge >= 0.3 is 11.9 Å². The topological polar surface area (TPSA) is 82.2 Å². The largest absolute Gasteiger partial charge is 0.469 e. The summed E-state index contributed by atoms with van der Waals surface area (Å²) in [4.78, 5) is 37.1. The quantitative estimate of drug-likeness (QED) is 0.497. The van der Waals surface area contributed by atoms with Crippen molar-refractivity contribution in [2.24, 2.45) is 29.1 Å². The first-order valence-electron chi connectivity index (χ1n) is 11.1. The van der Waals surface area contributed by atoms with E-state index < -0.39 is 0 Å². The Hall–Kier alpha value is -1.69. The Morgan fingerprint density at radius 1 is 1.21 bits per heavy atom. The summed E-state index contributed by atoms with van der Waals surface area (Å²) in [7, 11) is 1.45. The van der Waals surface area contributed by atoms with Crippen LogP contribution in [0.15, 0.2) is 11.6 Å². The van der Waals surface area contributed by atoms with Crippen LogP contribution in [0.1, 0.15) is 58.3 Å². The molecule has 4 unspecified atom stereocenters. The van der Waals surface area contributed by atoms with Gasteiger partial charge in [0.25, 0.3) is 0 Å². The number of epoxide rings is 1. The molecule has 156 valence electrons. The van der Waals surface area contributed by atoms with Crippen molar-refractivity contribution in [3.8, 4) is 0 Å². The second-order valence-corrected chi connectivity index (χ2v) is 10.3. The van der Waals surface area contributed by atoms with Crippen molar-refractivity contribution >= 4 is 17.7 Å². The van der Waals surface area contributed by atoms with Crippen molar-refractivity contribution in [1.29, 1.82) is 0 Å². The number of hydrogen-bond acceptors (Lipinski definition) is 6. The normalized spacial score (nSPS) is 52.1. The van der Waals surface area contributed by atoms with E-state index in [0.717, 1.165) is 37.7 Å². The molecule has 2 saturated heterocycles. The third-order valence-electron chi connectivity index (χ3n) is 9.50. The van der Waals surface area contributed by atoms with Crippen LogP contribution in [0.4, 0.5) is 0 Å². The number of methoxy groups -OCH3 is 1. The lowest BCUT2D eigenvalue weighted by Crippen LogP contribution is -2.60. The van der Waals surface area contributed by atoms with Crippen molar-refractivity contribution in [2.75, 3.05) is 7.11 Å². The Kier molecular flexibility index (Phi) is 3.44. The summed E-state index contributed by atoms with van der Waals surface area (Å²) >= 11 is 0. The molecule has 0 bridgehead atoms. The summed E-state index contributed by atoms with van der Waals surface area (Å²) in [5.41, 5.74) is 0.126. The summed E-state index contributed by atoms with van der Waals surface area (Å²) in [5.74, 6) is 0.179. The molecule has 2 aliphatic heterocycles. The lowest BCUT2D eigenvalue weighted by atomic mass is 9.46. The molecule has 6 heteroatoms. The number of rotatable bonds is 1. The SMILES string of the molecule is COC(=O)[C@@H]1CC2=CC(=O)CCC2(C)[C@@]23O[C@H]2CC2C(CC[C@@]24CCC(=O)O4)C13. The number of fused-ring (bicyclic) bond motifs is 4. The molecule has 6 rings (SSSR count). The molecule has 2 spiro atoms. The van der Waals surface area contributed by atoms with Crippen LogP contribution in [-0.2, 0) is 28.6 Å². The monoisotopic (exact) mass is 400 g/mol. The van der Waals surface area contributed by atoms with Crippen molar-refractivity contribution in [1.82, 2.24) is 0 Å². The van der Waals surface area contributed by atoms with Gasteiger partial charge in [-0.3, -0.25) is 14.4 Å². The highest BCUT2D eigenvalue weighted by molar-refractivity contribution is 5.92. The molecular weight excluding hydrogens is 372 g/mol. The van der Waals surface area contributed by atoms with Gasteiger partial charge in [-0.25, -0.2) is 0 Å².